The van der Waals surface area contributed by atoms with Gasteiger partial charge in [-0.3, -0.25) is 14.5 Å². The summed E-state index contributed by atoms with van der Waals surface area (Å²) in [5.41, 5.74) is 2.22. The van der Waals surface area contributed by atoms with E-state index in [9.17, 15) is 19.2 Å². The van der Waals surface area contributed by atoms with E-state index in [-0.39, 0.29) is 53.5 Å². The number of hydrogen-bond acceptors (Lipinski definition) is 10. The van der Waals surface area contributed by atoms with Gasteiger partial charge in [0.05, 0.1) is 32.0 Å². The van der Waals surface area contributed by atoms with Crippen LogP contribution in [0.2, 0.25) is 0 Å². The van der Waals surface area contributed by atoms with Gasteiger partial charge in [0.15, 0.2) is 12.5 Å². The molecular weight excluding hydrogens is 616 g/mol. The number of ether oxygens (including phenoxy) is 5. The summed E-state index contributed by atoms with van der Waals surface area (Å²) in [6, 6.07) is 4.96. The highest BCUT2D eigenvalue weighted by molar-refractivity contribution is 5.90. The number of benzene rings is 1. The molecule has 11 nitrogen and oxygen atoms in total. The van der Waals surface area contributed by atoms with Crippen LogP contribution >= 0.6 is 0 Å². The molecule has 48 heavy (non-hydrogen) atoms. The van der Waals surface area contributed by atoms with Crippen LogP contribution in [0.25, 0.3) is 0 Å². The van der Waals surface area contributed by atoms with Crippen molar-refractivity contribution in [2.45, 2.75) is 130 Å². The fourth-order valence-corrected chi connectivity index (χ4v) is 7.16. The summed E-state index contributed by atoms with van der Waals surface area (Å²) in [6.07, 6.45) is 4.94. The number of cyclic esters (lactones) is 2. The zero-order chi connectivity index (χ0) is 34.6. The Balaban J connectivity index is 1.28. The molecule has 1 aromatic carbocycles. The van der Waals surface area contributed by atoms with Crippen molar-refractivity contribution < 1.29 is 42.9 Å². The number of methoxy groups -OCH3 is 1. The van der Waals surface area contributed by atoms with E-state index < -0.39 is 18.3 Å². The summed E-state index contributed by atoms with van der Waals surface area (Å²) in [4.78, 5) is 56.2. The van der Waals surface area contributed by atoms with Crippen LogP contribution in [0.1, 0.15) is 114 Å². The van der Waals surface area contributed by atoms with Crippen molar-refractivity contribution in [1.29, 1.82) is 0 Å². The number of fused-ring (bicyclic) bond motifs is 6. The molecule has 2 fully saturated rings. The van der Waals surface area contributed by atoms with Crippen LogP contribution < -0.4 is 0 Å². The van der Waals surface area contributed by atoms with Gasteiger partial charge in [0, 0.05) is 38.4 Å². The van der Waals surface area contributed by atoms with Crippen LogP contribution in [0.4, 0.5) is 0 Å². The second-order valence-corrected chi connectivity index (χ2v) is 15.7. The molecule has 2 saturated heterocycles. The molecule has 0 aliphatic carbocycles. The average Bonchev–Trinajstić information content (AvgIpc) is 3.45. The smallest absolute Gasteiger partial charge is 0.338 e. The molecule has 5 rings (SSSR count). The molecule has 0 aromatic heterocycles. The second-order valence-electron chi connectivity index (χ2n) is 15.7. The van der Waals surface area contributed by atoms with Crippen molar-refractivity contribution in [3.05, 3.63) is 34.9 Å². The van der Waals surface area contributed by atoms with E-state index in [0.29, 0.717) is 64.0 Å². The molecule has 0 radical (unpaired) electrons. The number of epoxide rings is 1. The summed E-state index contributed by atoms with van der Waals surface area (Å²) in [7, 11) is 1.34. The van der Waals surface area contributed by atoms with Gasteiger partial charge in [-0.25, -0.2) is 9.59 Å². The van der Waals surface area contributed by atoms with Crippen molar-refractivity contribution in [1.82, 2.24) is 9.80 Å². The maximum atomic E-state index is 14.1. The lowest BCUT2D eigenvalue weighted by Gasteiger charge is -2.34. The van der Waals surface area contributed by atoms with E-state index in [1.54, 1.807) is 4.90 Å². The third-order valence-corrected chi connectivity index (χ3v) is 10.1. The third-order valence-electron chi connectivity index (χ3n) is 10.1. The molecule has 4 aliphatic heterocycles. The summed E-state index contributed by atoms with van der Waals surface area (Å²) in [6.45, 7) is 12.6. The lowest BCUT2D eigenvalue weighted by molar-refractivity contribution is -0.154. The van der Waals surface area contributed by atoms with Gasteiger partial charge in [-0.05, 0) is 59.8 Å². The van der Waals surface area contributed by atoms with Crippen LogP contribution in [0.3, 0.4) is 0 Å². The highest BCUT2D eigenvalue weighted by Gasteiger charge is 2.51. The molecule has 4 heterocycles. The van der Waals surface area contributed by atoms with Crippen LogP contribution in [-0.2, 0) is 51.2 Å². The van der Waals surface area contributed by atoms with E-state index in [1.807, 2.05) is 39.0 Å². The van der Waals surface area contributed by atoms with E-state index in [2.05, 4.69) is 18.7 Å². The normalized spacial score (nSPS) is 30.9. The fourth-order valence-electron chi connectivity index (χ4n) is 7.16. The molecule has 11 heteroatoms. The van der Waals surface area contributed by atoms with E-state index in [0.717, 1.165) is 36.8 Å². The molecule has 0 saturated carbocycles. The molecule has 6 unspecified atom stereocenters. The standard InChI is InChI=1S/C37H54N2O9/c1-36(2,3)28-12-8-9-13-30(40)46-23-37(4,5)16-10-7-11-17-45-33(42)24-14-15-25-20-38(21-26(25)18-24)32-35(48-32)47-27-19-29(34(43)44-6)39(22-27)31(28)41/h14-15,18,27-29,32,35H,7-13,16-17,19-23H2,1-6H3. The Morgan fingerprint density at radius 3 is 2.48 bits per heavy atom. The van der Waals surface area contributed by atoms with Crippen molar-refractivity contribution in [3.63, 3.8) is 0 Å². The fraction of sp³-hybridized carbons (Fsp3) is 0.730. The number of nitrogens with zero attached hydrogens (tertiary/aromatic N) is 2. The van der Waals surface area contributed by atoms with Crippen molar-refractivity contribution in [2.24, 2.45) is 16.7 Å². The van der Waals surface area contributed by atoms with Crippen LogP contribution in [0.5, 0.6) is 0 Å². The lowest BCUT2D eigenvalue weighted by Crippen LogP contribution is -2.47. The predicted molar refractivity (Wildman–Crippen MR) is 176 cm³/mol. The second kappa shape index (κ2) is 15.3. The first kappa shape index (κ1) is 36.3. The topological polar surface area (TPSA) is 124 Å². The zero-order valence-electron chi connectivity index (χ0n) is 29.6. The Kier molecular flexibility index (Phi) is 11.5. The van der Waals surface area contributed by atoms with E-state index in [4.69, 9.17) is 23.7 Å². The number of rotatable bonds is 1. The molecule has 4 aliphatic rings. The van der Waals surface area contributed by atoms with Gasteiger partial charge in [0.2, 0.25) is 5.91 Å². The maximum absolute atomic E-state index is 14.1. The SMILES string of the molecule is COC(=O)C1CC2CN1C(=O)C(C(C)(C)C)CCCCC(=O)OCC(C)(C)CCCCCOC(=O)c1ccc3c(c1)CN(C3)C1OC1O2. The van der Waals surface area contributed by atoms with Crippen LogP contribution in [0.15, 0.2) is 18.2 Å². The van der Waals surface area contributed by atoms with E-state index in [1.165, 1.54) is 7.11 Å². The maximum Gasteiger partial charge on any atom is 0.338 e. The summed E-state index contributed by atoms with van der Waals surface area (Å²) >= 11 is 0. The summed E-state index contributed by atoms with van der Waals surface area (Å²) < 4.78 is 28.6. The Bertz CT molecular complexity index is 1340. The van der Waals surface area contributed by atoms with Crippen molar-refractivity contribution in [3.8, 4) is 0 Å². The van der Waals surface area contributed by atoms with Gasteiger partial charge in [-0.15, -0.1) is 0 Å². The Hall–Kier alpha value is -3.02. The van der Waals surface area contributed by atoms with Gasteiger partial charge in [-0.1, -0.05) is 59.9 Å². The molecule has 0 spiro atoms. The van der Waals surface area contributed by atoms with Gasteiger partial charge >= 0.3 is 17.9 Å². The quantitative estimate of drug-likeness (QED) is 0.219. The van der Waals surface area contributed by atoms with Gasteiger partial charge < -0.3 is 28.6 Å². The highest BCUT2D eigenvalue weighted by Crippen LogP contribution is 2.39. The van der Waals surface area contributed by atoms with Gasteiger partial charge in [-0.2, -0.15) is 0 Å². The zero-order valence-corrected chi connectivity index (χ0v) is 29.6. The number of esters is 3. The minimum atomic E-state index is -0.738. The Morgan fingerprint density at radius 2 is 1.73 bits per heavy atom. The Labute approximate surface area is 284 Å². The minimum Gasteiger partial charge on any atom is -0.467 e. The molecule has 1 aromatic rings. The highest BCUT2D eigenvalue weighted by atomic mass is 16.8. The molecule has 266 valence electrons. The van der Waals surface area contributed by atoms with E-state index >= 15 is 0 Å². The molecule has 5 bridgehead atoms. The minimum absolute atomic E-state index is 0.0981. The number of amides is 1. The third kappa shape index (κ3) is 9.15. The number of carbonyl (C=O) groups excluding carboxylic acids is 4. The van der Waals surface area contributed by atoms with Crippen LogP contribution in [0, 0.1) is 16.7 Å². The van der Waals surface area contributed by atoms with Crippen LogP contribution in [-0.4, -0.2) is 85.1 Å². The summed E-state index contributed by atoms with van der Waals surface area (Å²) in [5, 5.41) is 0. The molecule has 0 N–H and O–H groups in total. The van der Waals surface area contributed by atoms with Gasteiger partial charge in [0.1, 0.15) is 6.04 Å². The van der Waals surface area contributed by atoms with Crippen molar-refractivity contribution in [2.75, 3.05) is 26.9 Å². The average molecular weight is 671 g/mol. The predicted octanol–water partition coefficient (Wildman–Crippen LogP) is 5.37. The molecule has 6 atom stereocenters. The molecule has 1 amide bonds. The first-order valence-corrected chi connectivity index (χ1v) is 17.6. The Morgan fingerprint density at radius 1 is 0.958 bits per heavy atom. The van der Waals surface area contributed by atoms with Crippen molar-refractivity contribution >= 4 is 23.8 Å². The number of hydrogen-bond donors (Lipinski definition) is 0. The lowest BCUT2D eigenvalue weighted by atomic mass is 9.76. The number of carbonyl (C=O) groups is 4. The first-order chi connectivity index (χ1) is 22.8. The van der Waals surface area contributed by atoms with Gasteiger partial charge in [0.25, 0.3) is 0 Å². The molecular formula is C37H54N2O9. The summed E-state index contributed by atoms with van der Waals surface area (Å²) in [5.74, 6) is -1.46. The first-order valence-electron chi connectivity index (χ1n) is 17.6. The monoisotopic (exact) mass is 670 g/mol. The largest absolute Gasteiger partial charge is 0.467 e.